The number of benzene rings is 2. The van der Waals surface area contributed by atoms with Crippen LogP contribution in [0.25, 0.3) is 5.57 Å². The minimum atomic E-state index is -0.428. The molecular weight excluding hydrogens is 329 g/mol. The number of hydrogen-bond acceptors (Lipinski definition) is 2. The average molecular weight is 350 g/mol. The van der Waals surface area contributed by atoms with Crippen LogP contribution < -0.4 is 16.0 Å². The lowest BCUT2D eigenvalue weighted by molar-refractivity contribution is -0.125. The smallest absolute Gasteiger partial charge is 0.233 e. The zero-order valence-corrected chi connectivity index (χ0v) is 14.4. The van der Waals surface area contributed by atoms with Crippen LogP contribution in [0.5, 0.6) is 0 Å². The van der Waals surface area contributed by atoms with E-state index < -0.39 is 5.41 Å². The van der Waals surface area contributed by atoms with E-state index in [1.54, 1.807) is 6.07 Å². The number of carbonyl (C=O) groups is 1. The fourth-order valence-corrected chi connectivity index (χ4v) is 4.20. The van der Waals surface area contributed by atoms with E-state index in [0.717, 1.165) is 34.4 Å². The Labute approximate surface area is 151 Å². The van der Waals surface area contributed by atoms with Gasteiger partial charge in [0.1, 0.15) is 5.82 Å². The first kappa shape index (κ1) is 16.5. The monoisotopic (exact) mass is 350 g/mol. The molecule has 2 aliphatic rings. The number of halogens is 1. The van der Waals surface area contributed by atoms with Crippen molar-refractivity contribution < 1.29 is 14.6 Å². The molecule has 132 valence electrons. The van der Waals surface area contributed by atoms with Crippen LogP contribution in [0.1, 0.15) is 23.1 Å². The van der Waals surface area contributed by atoms with Crippen LogP contribution in [-0.4, -0.2) is 18.7 Å². The highest BCUT2D eigenvalue weighted by Crippen LogP contribution is 2.46. The van der Waals surface area contributed by atoms with Crippen molar-refractivity contribution in [1.82, 2.24) is 0 Å². The Hall–Kier alpha value is -2.95. The highest BCUT2D eigenvalue weighted by atomic mass is 19.1. The van der Waals surface area contributed by atoms with E-state index in [4.69, 9.17) is 11.1 Å². The zero-order valence-electron chi connectivity index (χ0n) is 14.4. The molecule has 0 bridgehead atoms. The van der Waals surface area contributed by atoms with Crippen LogP contribution in [-0.2, 0) is 17.6 Å². The first-order valence-electron chi connectivity index (χ1n) is 8.73. The topological polar surface area (TPSA) is 71.9 Å². The molecule has 1 aliphatic carbocycles. The summed E-state index contributed by atoms with van der Waals surface area (Å²) in [6.45, 7) is 0.678. The third kappa shape index (κ3) is 2.51. The molecule has 1 saturated heterocycles. The molecule has 0 saturated carbocycles. The van der Waals surface area contributed by atoms with Gasteiger partial charge in [0.15, 0.2) is 6.21 Å². The number of rotatable bonds is 3. The van der Waals surface area contributed by atoms with Crippen LogP contribution in [0, 0.1) is 11.2 Å². The number of amides is 1. The van der Waals surface area contributed by atoms with Gasteiger partial charge >= 0.3 is 0 Å². The standard InChI is InChI=1S/C21H20FN3O/c22-18-4-1-15-10-21(11-16(15)9-18)7-8-25(20(21)26)19-5-2-14(3-6-19)17(12-23)13-24/h1-6,9,12-13,23H,7-8,10-11,24H2/p+1/b17-13+,23-12?. The minimum absolute atomic E-state index is 0.127. The average Bonchev–Trinajstić information content (AvgIpc) is 3.17. The van der Waals surface area contributed by atoms with Crippen LogP contribution in [0.2, 0.25) is 0 Å². The zero-order chi connectivity index (χ0) is 18.3. The van der Waals surface area contributed by atoms with E-state index in [2.05, 4.69) is 0 Å². The molecule has 26 heavy (non-hydrogen) atoms. The predicted molar refractivity (Wildman–Crippen MR) is 99.8 cm³/mol. The van der Waals surface area contributed by atoms with Crippen LogP contribution in [0.4, 0.5) is 10.1 Å². The van der Waals surface area contributed by atoms with E-state index in [0.29, 0.717) is 19.4 Å². The summed E-state index contributed by atoms with van der Waals surface area (Å²) in [5, 5.41) is 5.56. The van der Waals surface area contributed by atoms with E-state index in [-0.39, 0.29) is 11.7 Å². The second kappa shape index (κ2) is 6.09. The third-order valence-corrected chi connectivity index (χ3v) is 5.61. The maximum atomic E-state index is 13.5. The van der Waals surface area contributed by atoms with Crippen LogP contribution >= 0.6 is 0 Å². The van der Waals surface area contributed by atoms with Gasteiger partial charge in [-0.1, -0.05) is 18.2 Å². The van der Waals surface area contributed by atoms with Gasteiger partial charge in [-0.15, -0.1) is 0 Å². The molecule has 1 fully saturated rings. The van der Waals surface area contributed by atoms with Crippen LogP contribution in [0.15, 0.2) is 48.7 Å². The summed E-state index contributed by atoms with van der Waals surface area (Å²) in [5.41, 5.74) is 9.71. The summed E-state index contributed by atoms with van der Waals surface area (Å²) in [7, 11) is 0. The largest absolute Gasteiger partial charge is 0.404 e. The highest BCUT2D eigenvalue weighted by molar-refractivity contribution is 6.07. The Bertz CT molecular complexity index is 919. The van der Waals surface area contributed by atoms with Crippen molar-refractivity contribution in [3.8, 4) is 0 Å². The van der Waals surface area contributed by atoms with Crippen molar-refractivity contribution in [2.24, 2.45) is 11.1 Å². The molecule has 0 radical (unpaired) electrons. The van der Waals surface area contributed by atoms with Gasteiger partial charge in [0.05, 0.1) is 11.0 Å². The predicted octanol–water partition coefficient (Wildman–Crippen LogP) is 1.48. The molecule has 1 heterocycles. The van der Waals surface area contributed by atoms with Crippen molar-refractivity contribution in [3.63, 3.8) is 0 Å². The summed E-state index contributed by atoms with van der Waals surface area (Å²) in [6, 6.07) is 12.5. The number of fused-ring (bicyclic) bond motifs is 1. The van der Waals surface area contributed by atoms with E-state index in [1.165, 1.54) is 18.5 Å². The molecule has 1 amide bonds. The number of anilines is 1. The SMILES string of the molecule is N/C=C(\C=[NH2+])c1ccc(N2CCC3(Cc4ccc(F)cc4C3)C2=O)cc1. The Morgan fingerprint density at radius 3 is 2.58 bits per heavy atom. The molecule has 2 aromatic carbocycles. The molecule has 4 N–H and O–H groups in total. The quantitative estimate of drug-likeness (QED) is 0.823. The van der Waals surface area contributed by atoms with Crippen molar-refractivity contribution in [2.45, 2.75) is 19.3 Å². The van der Waals surface area contributed by atoms with Gasteiger partial charge in [-0.05, 0) is 60.2 Å². The Kier molecular flexibility index (Phi) is 3.87. The normalized spacial score (nSPS) is 22.1. The van der Waals surface area contributed by atoms with Gasteiger partial charge < -0.3 is 10.6 Å². The van der Waals surface area contributed by atoms with Gasteiger partial charge in [-0.2, -0.15) is 0 Å². The Balaban J connectivity index is 1.58. The summed E-state index contributed by atoms with van der Waals surface area (Å²) in [4.78, 5) is 15.0. The van der Waals surface area contributed by atoms with Gasteiger partial charge in [-0.25, -0.2) is 4.39 Å². The second-order valence-corrected chi connectivity index (χ2v) is 7.09. The molecule has 1 spiro atoms. The summed E-state index contributed by atoms with van der Waals surface area (Å²) in [6.07, 6.45) is 5.02. The molecule has 1 aliphatic heterocycles. The summed E-state index contributed by atoms with van der Waals surface area (Å²) in [5.74, 6) is -0.110. The maximum Gasteiger partial charge on any atom is 0.233 e. The molecule has 4 nitrogen and oxygen atoms in total. The van der Waals surface area contributed by atoms with Gasteiger partial charge in [-0.3, -0.25) is 10.2 Å². The lowest BCUT2D eigenvalue weighted by atomic mass is 9.83. The minimum Gasteiger partial charge on any atom is -0.404 e. The fraction of sp³-hybridized carbons (Fsp3) is 0.238. The number of nitrogens with zero attached hydrogens (tertiary/aromatic N) is 1. The van der Waals surface area contributed by atoms with Crippen LogP contribution in [0.3, 0.4) is 0 Å². The lowest BCUT2D eigenvalue weighted by Gasteiger charge is -2.23. The number of nitrogens with two attached hydrogens (primary N) is 2. The summed E-state index contributed by atoms with van der Waals surface area (Å²) >= 11 is 0. The molecule has 0 aromatic heterocycles. The van der Waals surface area contributed by atoms with Crippen molar-refractivity contribution in [1.29, 1.82) is 0 Å². The first-order chi connectivity index (χ1) is 12.6. The number of carbonyl (C=O) groups excluding carboxylic acids is 1. The maximum absolute atomic E-state index is 13.5. The highest BCUT2D eigenvalue weighted by Gasteiger charge is 2.50. The molecule has 4 rings (SSSR count). The molecular formula is C21H21FN3O+. The van der Waals surface area contributed by atoms with E-state index >= 15 is 0 Å². The van der Waals surface area contributed by atoms with Crippen molar-refractivity contribution in [2.75, 3.05) is 11.4 Å². The number of allylic oxidation sites excluding steroid dienone is 1. The molecule has 2 aromatic rings. The Morgan fingerprint density at radius 1 is 1.15 bits per heavy atom. The second-order valence-electron chi connectivity index (χ2n) is 7.09. The van der Waals surface area contributed by atoms with Crippen molar-refractivity contribution in [3.05, 3.63) is 71.2 Å². The van der Waals surface area contributed by atoms with Crippen molar-refractivity contribution >= 4 is 23.4 Å². The molecule has 1 atom stereocenters. The first-order valence-corrected chi connectivity index (χ1v) is 8.73. The fourth-order valence-electron chi connectivity index (χ4n) is 4.20. The third-order valence-electron chi connectivity index (χ3n) is 5.61. The Morgan fingerprint density at radius 2 is 1.88 bits per heavy atom. The molecule has 5 heteroatoms. The number of hydrogen-bond donors (Lipinski definition) is 2. The van der Waals surface area contributed by atoms with E-state index in [1.807, 2.05) is 35.2 Å². The van der Waals surface area contributed by atoms with Gasteiger partial charge in [0, 0.05) is 18.4 Å². The lowest BCUT2D eigenvalue weighted by Crippen LogP contribution is -2.35. The summed E-state index contributed by atoms with van der Waals surface area (Å²) < 4.78 is 13.5. The molecule has 1 unspecified atom stereocenters. The van der Waals surface area contributed by atoms with E-state index in [9.17, 15) is 9.18 Å². The van der Waals surface area contributed by atoms with Gasteiger partial charge in [0.25, 0.3) is 0 Å². The van der Waals surface area contributed by atoms with Gasteiger partial charge in [0.2, 0.25) is 5.91 Å².